The van der Waals surface area contributed by atoms with Gasteiger partial charge in [0.25, 0.3) is 20.2 Å². The second-order valence-corrected chi connectivity index (χ2v) is 22.1. The summed E-state index contributed by atoms with van der Waals surface area (Å²) in [6, 6.07) is 20.7. The fourth-order valence-corrected chi connectivity index (χ4v) is 11.1. The molecule has 8 rings (SSSR count). The molecule has 0 aliphatic carbocycles. The first-order valence-corrected chi connectivity index (χ1v) is 24.9. The van der Waals surface area contributed by atoms with Gasteiger partial charge in [-0.15, -0.1) is 10.2 Å². The van der Waals surface area contributed by atoms with Crippen molar-refractivity contribution in [2.24, 2.45) is 10.2 Å². The van der Waals surface area contributed by atoms with E-state index in [1.54, 1.807) is 6.07 Å². The number of benzene rings is 4. The van der Waals surface area contributed by atoms with Crippen LogP contribution in [0, 0.1) is 59.8 Å². The molecule has 0 spiro atoms. The minimum atomic E-state index is -4.49. The van der Waals surface area contributed by atoms with Crippen LogP contribution in [0.3, 0.4) is 0 Å². The first-order valence-electron chi connectivity index (χ1n) is 20.4. The van der Waals surface area contributed by atoms with E-state index >= 15 is 0 Å². The van der Waals surface area contributed by atoms with Crippen LogP contribution in [-0.2, 0) is 25.7 Å². The van der Waals surface area contributed by atoms with E-state index in [1.807, 2.05) is 80.2 Å². The molecule has 66 heavy (non-hydrogen) atoms. The highest BCUT2D eigenvalue weighted by atomic mass is 32.2. The standard InChI is InChI=1S/C46H44N10O6S4/c1-23-15-25(3)38(26(4)16-23)51-42-39(52-53-43-32(22-47)41(46(8,9)10)54-56(43)45-49-34-14-12-31(66(60,61)62)21-36(34)64-45)27(5)19-37(50-42)55(40-28(6)17-24(2)18-29(40)7)44-48-33-13-11-30(65(57,58)59)20-35(33)63-44/h11-21H,1-10H3,(H,50,51)(H,57,58,59)(H,60,61,62). The third-order valence-corrected chi connectivity index (χ3v) is 14.5. The van der Waals surface area contributed by atoms with Crippen molar-refractivity contribution in [2.75, 3.05) is 10.2 Å². The number of anilines is 5. The Hall–Kier alpha value is -6.47. The Kier molecular flexibility index (Phi) is 11.7. The maximum Gasteiger partial charge on any atom is 0.294 e. The maximum absolute atomic E-state index is 12.1. The van der Waals surface area contributed by atoms with Gasteiger partial charge in [-0.3, -0.25) is 14.0 Å². The Labute approximate surface area is 389 Å². The zero-order valence-corrected chi connectivity index (χ0v) is 40.8. The molecule has 3 N–H and O–H groups in total. The van der Waals surface area contributed by atoms with Gasteiger partial charge in [-0.1, -0.05) is 78.8 Å². The Balaban J connectivity index is 1.36. The van der Waals surface area contributed by atoms with Crippen molar-refractivity contribution in [1.82, 2.24) is 24.7 Å². The van der Waals surface area contributed by atoms with Crippen LogP contribution in [0.1, 0.15) is 71.0 Å². The Morgan fingerprint density at radius 3 is 1.80 bits per heavy atom. The third-order valence-electron chi connectivity index (χ3n) is 10.8. The molecule has 338 valence electrons. The number of azo groups is 1. The number of aromatic nitrogens is 5. The summed E-state index contributed by atoms with van der Waals surface area (Å²) in [4.78, 5) is 16.3. The molecule has 0 aliphatic rings. The number of thiazole rings is 2. The summed E-state index contributed by atoms with van der Waals surface area (Å²) >= 11 is 2.35. The smallest absolute Gasteiger partial charge is 0.294 e. The van der Waals surface area contributed by atoms with Crippen LogP contribution < -0.4 is 10.2 Å². The number of fused-ring (bicyclic) bond motifs is 2. The van der Waals surface area contributed by atoms with Crippen molar-refractivity contribution in [1.29, 1.82) is 5.26 Å². The number of pyridine rings is 1. The first-order chi connectivity index (χ1) is 30.9. The van der Waals surface area contributed by atoms with Gasteiger partial charge in [-0.25, -0.2) is 15.0 Å². The molecular weight excluding hydrogens is 917 g/mol. The number of nitrogens with one attached hydrogen (secondary N) is 1. The van der Waals surface area contributed by atoms with Crippen molar-refractivity contribution in [2.45, 2.75) is 84.4 Å². The molecular formula is C46H44N10O6S4. The number of rotatable bonds is 10. The molecule has 0 atom stereocenters. The molecule has 0 saturated heterocycles. The molecule has 0 radical (unpaired) electrons. The van der Waals surface area contributed by atoms with Gasteiger partial charge in [0.2, 0.25) is 5.13 Å². The summed E-state index contributed by atoms with van der Waals surface area (Å²) in [6.45, 7) is 19.7. The van der Waals surface area contributed by atoms with Crippen LogP contribution in [0.25, 0.3) is 25.6 Å². The van der Waals surface area contributed by atoms with Crippen LogP contribution in [0.15, 0.2) is 86.7 Å². The van der Waals surface area contributed by atoms with Gasteiger partial charge in [0, 0.05) is 11.1 Å². The summed E-state index contributed by atoms with van der Waals surface area (Å²) in [5, 5.41) is 29.4. The minimum absolute atomic E-state index is 0.0832. The lowest BCUT2D eigenvalue weighted by Gasteiger charge is -2.27. The Bertz CT molecular complexity index is 3570. The molecule has 16 nitrogen and oxygen atoms in total. The SMILES string of the molecule is Cc1cc(C)c(Nc2nc(N(c3nc4ccc(S(=O)(=O)O)cc4s3)c3c(C)cc(C)cc3C)cc(C)c2N=Nc2c(C#N)c(C(C)(C)C)nn2-c2nc3ccc(S(=O)(=O)O)cc3s2)c(C)c1. The van der Waals surface area contributed by atoms with E-state index in [2.05, 4.69) is 35.7 Å². The molecule has 0 aliphatic heterocycles. The van der Waals surface area contributed by atoms with Crippen molar-refractivity contribution >= 4 is 103 Å². The lowest BCUT2D eigenvalue weighted by Crippen LogP contribution is -2.15. The van der Waals surface area contributed by atoms with Gasteiger partial charge >= 0.3 is 0 Å². The van der Waals surface area contributed by atoms with Gasteiger partial charge < -0.3 is 5.32 Å². The normalized spacial score (nSPS) is 12.4. The molecule has 8 aromatic rings. The van der Waals surface area contributed by atoms with E-state index in [-0.39, 0.29) is 26.3 Å². The van der Waals surface area contributed by atoms with Crippen LogP contribution in [0.5, 0.6) is 0 Å². The highest BCUT2D eigenvalue weighted by Gasteiger charge is 2.30. The van der Waals surface area contributed by atoms with Crippen molar-refractivity contribution in [3.05, 3.63) is 117 Å². The van der Waals surface area contributed by atoms with Gasteiger partial charge in [0.05, 0.1) is 41.6 Å². The topological polar surface area (TPSA) is 229 Å². The maximum atomic E-state index is 12.1. The predicted molar refractivity (Wildman–Crippen MR) is 259 cm³/mol. The average molecular weight is 961 g/mol. The molecule has 0 fully saturated rings. The second kappa shape index (κ2) is 16.8. The molecule has 0 amide bonds. The van der Waals surface area contributed by atoms with Crippen LogP contribution >= 0.6 is 22.7 Å². The minimum Gasteiger partial charge on any atom is -0.338 e. The molecule has 0 bridgehead atoms. The first kappa shape index (κ1) is 46.1. The molecule has 20 heteroatoms. The van der Waals surface area contributed by atoms with E-state index in [4.69, 9.17) is 30.3 Å². The summed E-state index contributed by atoms with van der Waals surface area (Å²) in [5.41, 5.74) is 9.43. The zero-order valence-electron chi connectivity index (χ0n) is 37.5. The fraction of sp³-hybridized carbons (Fsp3) is 0.239. The summed E-state index contributed by atoms with van der Waals surface area (Å²) in [6.07, 6.45) is 0. The number of aryl methyl sites for hydroxylation is 7. The zero-order chi connectivity index (χ0) is 47.8. The van der Waals surface area contributed by atoms with E-state index in [1.165, 1.54) is 46.4 Å². The van der Waals surface area contributed by atoms with E-state index in [9.17, 15) is 31.2 Å². The van der Waals surface area contributed by atoms with Gasteiger partial charge in [-0.05, 0) is 119 Å². The fourth-order valence-electron chi connectivity index (χ4n) is 7.96. The van der Waals surface area contributed by atoms with Crippen LogP contribution in [-0.4, -0.2) is 50.7 Å². The largest absolute Gasteiger partial charge is 0.338 e. The van der Waals surface area contributed by atoms with E-state index in [0.29, 0.717) is 54.1 Å². The molecule has 4 heterocycles. The second-order valence-electron chi connectivity index (χ2n) is 17.2. The molecule has 0 unspecified atom stereocenters. The monoisotopic (exact) mass is 960 g/mol. The van der Waals surface area contributed by atoms with Crippen molar-refractivity contribution < 1.29 is 25.9 Å². The quantitative estimate of drug-likeness (QED) is 0.0857. The van der Waals surface area contributed by atoms with Gasteiger partial charge in [0.1, 0.15) is 23.1 Å². The van der Waals surface area contributed by atoms with E-state index in [0.717, 1.165) is 56.1 Å². The lowest BCUT2D eigenvalue weighted by atomic mass is 9.90. The summed E-state index contributed by atoms with van der Waals surface area (Å²) in [5.74, 6) is 0.862. The van der Waals surface area contributed by atoms with E-state index < -0.39 is 25.7 Å². The average Bonchev–Trinajstić information content (AvgIpc) is 3.93. The number of hydrogen-bond acceptors (Lipinski definition) is 15. The Morgan fingerprint density at radius 1 is 0.712 bits per heavy atom. The molecule has 0 saturated carbocycles. The predicted octanol–water partition coefficient (Wildman–Crippen LogP) is 11.9. The van der Waals surface area contributed by atoms with Crippen LogP contribution in [0.2, 0.25) is 0 Å². The highest BCUT2D eigenvalue weighted by molar-refractivity contribution is 7.86. The molecule has 4 aromatic heterocycles. The summed E-state index contributed by atoms with van der Waals surface area (Å²) in [7, 11) is -8.97. The van der Waals surface area contributed by atoms with Crippen LogP contribution in [0.4, 0.5) is 39.6 Å². The molecule has 4 aromatic carbocycles. The number of nitriles is 1. The van der Waals surface area contributed by atoms with Gasteiger partial charge in [0.15, 0.2) is 16.8 Å². The van der Waals surface area contributed by atoms with Gasteiger partial charge in [-0.2, -0.15) is 31.9 Å². The number of hydrogen-bond donors (Lipinski definition) is 3. The van der Waals surface area contributed by atoms with Crippen molar-refractivity contribution in [3.63, 3.8) is 0 Å². The third kappa shape index (κ3) is 8.80. The van der Waals surface area contributed by atoms with Crippen molar-refractivity contribution in [3.8, 4) is 11.2 Å². The Morgan fingerprint density at radius 2 is 1.26 bits per heavy atom. The summed E-state index contributed by atoms with van der Waals surface area (Å²) < 4.78 is 70.3. The lowest BCUT2D eigenvalue weighted by molar-refractivity contribution is 0.481. The highest BCUT2D eigenvalue weighted by Crippen LogP contribution is 2.46. The number of nitrogens with zero attached hydrogens (tertiary/aromatic N) is 9.